The molecule has 0 aliphatic carbocycles. The quantitative estimate of drug-likeness (QED) is 0.544. The molecule has 1 unspecified atom stereocenters. The number of benzene rings is 2. The molecule has 30 heavy (non-hydrogen) atoms. The first kappa shape index (κ1) is 23.5. The second-order valence-corrected chi connectivity index (χ2v) is 7.25. The molecule has 1 atom stereocenters. The van der Waals surface area contributed by atoms with Crippen LogP contribution in [0.25, 0.3) is 0 Å². The van der Waals surface area contributed by atoms with Crippen molar-refractivity contribution in [3.8, 4) is 11.5 Å². The molecule has 0 spiro atoms. The van der Waals surface area contributed by atoms with Gasteiger partial charge in [-0.05, 0) is 54.8 Å². The molecule has 2 aromatic carbocycles. The molecule has 162 valence electrons. The zero-order valence-electron chi connectivity index (χ0n) is 17.7. The van der Waals surface area contributed by atoms with Crippen LogP contribution in [-0.4, -0.2) is 43.5 Å². The summed E-state index contributed by atoms with van der Waals surface area (Å²) in [6, 6.07) is 14.1. The first-order valence-electron chi connectivity index (χ1n) is 10.0. The fourth-order valence-electron chi connectivity index (χ4n) is 3.10. The third-order valence-electron chi connectivity index (χ3n) is 4.76. The Kier molecular flexibility index (Phi) is 9.48. The van der Waals surface area contributed by atoms with E-state index in [2.05, 4.69) is 5.32 Å². The van der Waals surface area contributed by atoms with Gasteiger partial charge in [0.1, 0.15) is 17.5 Å². The Bertz CT molecular complexity index is 809. The Labute approximate surface area is 183 Å². The maximum atomic E-state index is 13.0. The second kappa shape index (κ2) is 12.1. The smallest absolute Gasteiger partial charge is 0.242 e. The number of methoxy groups -OCH3 is 1. The van der Waals surface area contributed by atoms with Crippen molar-refractivity contribution in [1.82, 2.24) is 10.2 Å². The number of carbonyl (C=O) groups is 2. The van der Waals surface area contributed by atoms with Gasteiger partial charge in [0.15, 0.2) is 0 Å². The highest BCUT2D eigenvalue weighted by Gasteiger charge is 2.27. The first-order valence-corrected chi connectivity index (χ1v) is 10.4. The summed E-state index contributed by atoms with van der Waals surface area (Å²) in [6.07, 6.45) is 1.37. The predicted molar refractivity (Wildman–Crippen MR) is 118 cm³/mol. The van der Waals surface area contributed by atoms with Crippen molar-refractivity contribution in [2.75, 3.05) is 20.8 Å². The first-order chi connectivity index (χ1) is 14.5. The molecule has 0 aliphatic heterocycles. The van der Waals surface area contributed by atoms with Gasteiger partial charge in [-0.3, -0.25) is 9.59 Å². The van der Waals surface area contributed by atoms with Gasteiger partial charge in [0, 0.05) is 25.0 Å². The molecular formula is C23H29ClN2O4. The summed E-state index contributed by atoms with van der Waals surface area (Å²) >= 11 is 5.96. The van der Waals surface area contributed by atoms with Crippen molar-refractivity contribution in [3.63, 3.8) is 0 Å². The van der Waals surface area contributed by atoms with E-state index in [0.717, 1.165) is 17.1 Å². The van der Waals surface area contributed by atoms with E-state index in [0.29, 0.717) is 31.0 Å². The van der Waals surface area contributed by atoms with Crippen LogP contribution in [0.5, 0.6) is 11.5 Å². The predicted octanol–water partition coefficient (Wildman–Crippen LogP) is 4.06. The van der Waals surface area contributed by atoms with Crippen molar-refractivity contribution in [2.45, 2.75) is 38.8 Å². The van der Waals surface area contributed by atoms with E-state index in [9.17, 15) is 9.59 Å². The van der Waals surface area contributed by atoms with Gasteiger partial charge in [-0.25, -0.2) is 0 Å². The van der Waals surface area contributed by atoms with Crippen LogP contribution < -0.4 is 14.8 Å². The average Bonchev–Trinajstić information content (AvgIpc) is 2.77. The Morgan fingerprint density at radius 1 is 1.07 bits per heavy atom. The van der Waals surface area contributed by atoms with Gasteiger partial charge in [-0.2, -0.15) is 0 Å². The molecule has 0 aliphatic rings. The summed E-state index contributed by atoms with van der Waals surface area (Å²) < 4.78 is 10.8. The molecule has 2 rings (SSSR count). The van der Waals surface area contributed by atoms with Gasteiger partial charge < -0.3 is 19.7 Å². The highest BCUT2D eigenvalue weighted by molar-refractivity contribution is 6.30. The molecule has 0 aromatic heterocycles. The Hall–Kier alpha value is -2.73. The number of hydrogen-bond donors (Lipinski definition) is 1. The van der Waals surface area contributed by atoms with Gasteiger partial charge in [-0.1, -0.05) is 30.7 Å². The van der Waals surface area contributed by atoms with Crippen molar-refractivity contribution >= 4 is 23.4 Å². The van der Waals surface area contributed by atoms with E-state index in [-0.39, 0.29) is 18.2 Å². The zero-order chi connectivity index (χ0) is 21.9. The molecular weight excluding hydrogens is 404 g/mol. The van der Waals surface area contributed by atoms with Crippen LogP contribution in [0.1, 0.15) is 31.7 Å². The fraction of sp³-hybridized carbons (Fsp3) is 0.391. The number of amides is 2. The summed E-state index contributed by atoms with van der Waals surface area (Å²) in [6.45, 7) is 2.65. The lowest BCUT2D eigenvalue weighted by atomic mass is 10.1. The number of hydrogen-bond acceptors (Lipinski definition) is 4. The molecule has 1 N–H and O–H groups in total. The molecule has 0 saturated heterocycles. The number of nitrogens with zero attached hydrogens (tertiary/aromatic N) is 1. The number of rotatable bonds is 11. The zero-order valence-corrected chi connectivity index (χ0v) is 18.4. The lowest BCUT2D eigenvalue weighted by Crippen LogP contribution is -2.48. The van der Waals surface area contributed by atoms with E-state index in [1.54, 1.807) is 31.2 Å². The van der Waals surface area contributed by atoms with Crippen LogP contribution in [0.4, 0.5) is 0 Å². The molecule has 2 amide bonds. The summed E-state index contributed by atoms with van der Waals surface area (Å²) in [5.74, 6) is 1.22. The van der Waals surface area contributed by atoms with Gasteiger partial charge in [-0.15, -0.1) is 0 Å². The minimum atomic E-state index is -0.527. The van der Waals surface area contributed by atoms with Crippen molar-refractivity contribution in [1.29, 1.82) is 0 Å². The molecule has 0 radical (unpaired) electrons. The minimum absolute atomic E-state index is 0.0845. The van der Waals surface area contributed by atoms with E-state index in [1.807, 2.05) is 43.3 Å². The fourth-order valence-corrected chi connectivity index (χ4v) is 3.23. The van der Waals surface area contributed by atoms with Crippen LogP contribution in [0.2, 0.25) is 5.02 Å². The maximum absolute atomic E-state index is 13.0. The molecule has 0 fully saturated rings. The number of nitrogens with one attached hydrogen (secondary N) is 1. The lowest BCUT2D eigenvalue weighted by Gasteiger charge is -2.30. The van der Waals surface area contributed by atoms with E-state index >= 15 is 0 Å². The molecule has 0 saturated carbocycles. The normalized spacial score (nSPS) is 11.5. The Balaban J connectivity index is 1.98. The van der Waals surface area contributed by atoms with Crippen LogP contribution in [0.3, 0.4) is 0 Å². The van der Waals surface area contributed by atoms with Crippen LogP contribution >= 0.6 is 11.6 Å². The van der Waals surface area contributed by atoms with E-state index in [1.165, 1.54) is 0 Å². The van der Waals surface area contributed by atoms with Crippen molar-refractivity contribution in [2.24, 2.45) is 0 Å². The second-order valence-electron chi connectivity index (χ2n) is 6.81. The summed E-state index contributed by atoms with van der Waals surface area (Å²) in [4.78, 5) is 27.0. The van der Waals surface area contributed by atoms with Crippen molar-refractivity contribution < 1.29 is 19.1 Å². The average molecular weight is 433 g/mol. The Morgan fingerprint density at radius 3 is 2.27 bits per heavy atom. The maximum Gasteiger partial charge on any atom is 0.242 e. The van der Waals surface area contributed by atoms with Gasteiger partial charge >= 0.3 is 0 Å². The summed E-state index contributed by atoms with van der Waals surface area (Å²) in [5.41, 5.74) is 0.921. The van der Waals surface area contributed by atoms with E-state index in [4.69, 9.17) is 21.1 Å². The number of halogens is 1. The molecule has 7 heteroatoms. The summed E-state index contributed by atoms with van der Waals surface area (Å²) in [7, 11) is 3.19. The highest BCUT2D eigenvalue weighted by atomic mass is 35.5. The third kappa shape index (κ3) is 6.95. The van der Waals surface area contributed by atoms with Crippen LogP contribution in [-0.2, 0) is 16.1 Å². The molecule has 0 heterocycles. The number of carbonyl (C=O) groups excluding carboxylic acids is 2. The van der Waals surface area contributed by atoms with Gasteiger partial charge in [0.2, 0.25) is 11.8 Å². The number of likely N-dealkylation sites (N-methyl/N-ethyl adjacent to an activating group) is 1. The van der Waals surface area contributed by atoms with Gasteiger partial charge in [0.25, 0.3) is 0 Å². The van der Waals surface area contributed by atoms with Crippen LogP contribution in [0, 0.1) is 0 Å². The third-order valence-corrected chi connectivity index (χ3v) is 5.01. The topological polar surface area (TPSA) is 67.9 Å². The number of ether oxygens (including phenoxy) is 2. The standard InChI is InChI=1S/C23H29ClN2O4/c1-4-21(23(28)25-2)26(16-17-7-9-18(24)10-8-17)22(27)6-5-15-30-20-13-11-19(29-3)12-14-20/h7-14,21H,4-6,15-16H2,1-3H3,(H,25,28). The summed E-state index contributed by atoms with van der Waals surface area (Å²) in [5, 5.41) is 3.29. The minimum Gasteiger partial charge on any atom is -0.497 e. The lowest BCUT2D eigenvalue weighted by molar-refractivity contribution is -0.141. The van der Waals surface area contributed by atoms with Crippen LogP contribution in [0.15, 0.2) is 48.5 Å². The van der Waals surface area contributed by atoms with Crippen molar-refractivity contribution in [3.05, 3.63) is 59.1 Å². The highest BCUT2D eigenvalue weighted by Crippen LogP contribution is 2.19. The largest absolute Gasteiger partial charge is 0.497 e. The Morgan fingerprint density at radius 2 is 1.70 bits per heavy atom. The monoisotopic (exact) mass is 432 g/mol. The molecule has 6 nitrogen and oxygen atoms in total. The SMILES string of the molecule is CCC(C(=O)NC)N(Cc1ccc(Cl)cc1)C(=O)CCCOc1ccc(OC)cc1. The molecule has 2 aromatic rings. The molecule has 0 bridgehead atoms. The van der Waals surface area contributed by atoms with E-state index < -0.39 is 6.04 Å². The van der Waals surface area contributed by atoms with Gasteiger partial charge in [0.05, 0.1) is 13.7 Å².